The second-order valence-corrected chi connectivity index (χ2v) is 5.37. The maximum absolute atomic E-state index is 14.1. The fourth-order valence-corrected chi connectivity index (χ4v) is 2.35. The van der Waals surface area contributed by atoms with Gasteiger partial charge in [-0.25, -0.2) is 4.39 Å². The number of hydrogen-bond acceptors (Lipinski definition) is 1. The molecule has 0 saturated heterocycles. The summed E-state index contributed by atoms with van der Waals surface area (Å²) in [5.74, 6) is -6.88. The number of halogens is 9. The zero-order valence-corrected chi connectivity index (χ0v) is 12.5. The first kappa shape index (κ1) is 20.1. The highest BCUT2D eigenvalue weighted by atomic mass is 19.4. The molecule has 10 heteroatoms. The van der Waals surface area contributed by atoms with E-state index in [4.69, 9.17) is 0 Å². The third kappa shape index (κ3) is 3.25. The van der Waals surface area contributed by atoms with Crippen molar-refractivity contribution in [2.24, 2.45) is 0 Å². The molecule has 0 aliphatic heterocycles. The average molecular weight is 388 g/mol. The van der Waals surface area contributed by atoms with Crippen molar-refractivity contribution >= 4 is 0 Å². The maximum Gasteiger partial charge on any atom is 0.457 e. The lowest BCUT2D eigenvalue weighted by Gasteiger charge is -2.37. The normalized spacial score (nSPS) is 15.6. The van der Waals surface area contributed by atoms with Gasteiger partial charge in [-0.3, -0.25) is 0 Å². The monoisotopic (exact) mass is 388 g/mol. The summed E-state index contributed by atoms with van der Waals surface area (Å²) in [7, 11) is 0. The largest absolute Gasteiger partial charge is 0.457 e. The van der Waals surface area contributed by atoms with E-state index in [0.717, 1.165) is 0 Å². The zero-order chi connectivity index (χ0) is 20.0. The second-order valence-electron chi connectivity index (χ2n) is 5.37. The fourth-order valence-electron chi connectivity index (χ4n) is 2.35. The molecule has 0 aliphatic carbocycles. The molecule has 2 rings (SSSR count). The van der Waals surface area contributed by atoms with Crippen LogP contribution in [0.3, 0.4) is 0 Å². The SMILES string of the molecule is OC(c1ccc(F)cc1)(c1cccc(C(F)(F)F)c1)C(F)(F)C(F)(F)F. The Bertz CT molecular complexity index is 778. The summed E-state index contributed by atoms with van der Waals surface area (Å²) in [5.41, 5.74) is -8.21. The third-order valence-electron chi connectivity index (χ3n) is 3.68. The third-order valence-corrected chi connectivity index (χ3v) is 3.68. The molecule has 0 spiro atoms. The minimum Gasteiger partial charge on any atom is -0.374 e. The minimum atomic E-state index is -6.30. The van der Waals surface area contributed by atoms with Crippen LogP contribution in [0.2, 0.25) is 0 Å². The van der Waals surface area contributed by atoms with E-state index in [1.165, 1.54) is 0 Å². The molecule has 0 radical (unpaired) electrons. The number of rotatable bonds is 3. The Balaban J connectivity index is 2.80. The molecule has 1 N–H and O–H groups in total. The molecular weight excluding hydrogens is 379 g/mol. The van der Waals surface area contributed by atoms with E-state index in [1.54, 1.807) is 0 Å². The van der Waals surface area contributed by atoms with Crippen LogP contribution in [0.5, 0.6) is 0 Å². The van der Waals surface area contributed by atoms with E-state index >= 15 is 0 Å². The van der Waals surface area contributed by atoms with Crippen molar-refractivity contribution < 1.29 is 44.6 Å². The van der Waals surface area contributed by atoms with Crippen molar-refractivity contribution in [1.29, 1.82) is 0 Å². The number of hydrogen-bond donors (Lipinski definition) is 1. The highest BCUT2D eigenvalue weighted by Crippen LogP contribution is 2.52. The van der Waals surface area contributed by atoms with Gasteiger partial charge in [0.25, 0.3) is 0 Å². The molecule has 142 valence electrons. The predicted molar refractivity (Wildman–Crippen MR) is 71.8 cm³/mol. The van der Waals surface area contributed by atoms with Crippen molar-refractivity contribution in [2.45, 2.75) is 23.9 Å². The van der Waals surface area contributed by atoms with Crippen LogP contribution in [-0.2, 0) is 11.8 Å². The molecule has 0 aromatic heterocycles. The second kappa shape index (κ2) is 6.19. The summed E-state index contributed by atoms with van der Waals surface area (Å²) in [6, 6.07) is 3.39. The van der Waals surface area contributed by atoms with Crippen LogP contribution in [0.25, 0.3) is 0 Å². The highest BCUT2D eigenvalue weighted by molar-refractivity contribution is 5.42. The van der Waals surface area contributed by atoms with Crippen LogP contribution in [-0.4, -0.2) is 17.2 Å². The summed E-state index contributed by atoms with van der Waals surface area (Å²) in [6.45, 7) is 0. The molecular formula is C16H9F9O. The first-order valence-corrected chi connectivity index (χ1v) is 6.82. The van der Waals surface area contributed by atoms with Gasteiger partial charge in [-0.2, -0.15) is 35.1 Å². The van der Waals surface area contributed by atoms with Gasteiger partial charge in [-0.05, 0) is 35.4 Å². The molecule has 1 atom stereocenters. The Morgan fingerprint density at radius 3 is 1.62 bits per heavy atom. The Morgan fingerprint density at radius 2 is 1.15 bits per heavy atom. The van der Waals surface area contributed by atoms with Crippen molar-refractivity contribution in [3.8, 4) is 0 Å². The molecule has 0 fully saturated rings. The van der Waals surface area contributed by atoms with E-state index in [2.05, 4.69) is 0 Å². The lowest BCUT2D eigenvalue weighted by molar-refractivity contribution is -0.336. The summed E-state index contributed by atoms with van der Waals surface area (Å²) in [6.07, 6.45) is -11.3. The summed E-state index contributed by atoms with van der Waals surface area (Å²) >= 11 is 0. The van der Waals surface area contributed by atoms with Crippen molar-refractivity contribution in [1.82, 2.24) is 0 Å². The zero-order valence-electron chi connectivity index (χ0n) is 12.5. The van der Waals surface area contributed by atoms with E-state index in [0.29, 0.717) is 42.5 Å². The molecule has 0 bridgehead atoms. The van der Waals surface area contributed by atoms with E-state index < -0.39 is 46.4 Å². The Kier molecular flexibility index (Phi) is 4.78. The van der Waals surface area contributed by atoms with Gasteiger partial charge in [0.15, 0.2) is 5.60 Å². The Hall–Kier alpha value is -2.23. The molecule has 2 aromatic carbocycles. The van der Waals surface area contributed by atoms with Gasteiger partial charge in [-0.1, -0.05) is 24.3 Å². The maximum atomic E-state index is 14.1. The van der Waals surface area contributed by atoms with Crippen LogP contribution < -0.4 is 0 Å². The van der Waals surface area contributed by atoms with Gasteiger partial charge in [0.2, 0.25) is 0 Å². The van der Waals surface area contributed by atoms with Gasteiger partial charge < -0.3 is 5.11 Å². The highest BCUT2D eigenvalue weighted by Gasteiger charge is 2.71. The predicted octanol–water partition coefficient (Wildman–Crippen LogP) is 5.28. The topological polar surface area (TPSA) is 20.2 Å². The van der Waals surface area contributed by atoms with E-state index in [1.807, 2.05) is 0 Å². The standard InChI is InChI=1S/C16H9F9O/c17-12-6-4-9(5-7-12)13(26,15(21,22)16(23,24)25)10-2-1-3-11(8-10)14(18,19)20/h1-8,26H. The number of alkyl halides is 8. The smallest absolute Gasteiger partial charge is 0.374 e. The first-order valence-electron chi connectivity index (χ1n) is 6.82. The lowest BCUT2D eigenvalue weighted by atomic mass is 9.80. The van der Waals surface area contributed by atoms with E-state index in [9.17, 15) is 44.6 Å². The van der Waals surface area contributed by atoms with Crippen molar-refractivity contribution in [3.05, 3.63) is 71.0 Å². The molecule has 1 unspecified atom stereocenters. The Morgan fingerprint density at radius 1 is 0.654 bits per heavy atom. The lowest BCUT2D eigenvalue weighted by Crippen LogP contribution is -2.55. The quantitative estimate of drug-likeness (QED) is 0.710. The minimum absolute atomic E-state index is 0.0109. The molecule has 0 aliphatic rings. The van der Waals surface area contributed by atoms with Crippen LogP contribution in [0.4, 0.5) is 39.5 Å². The van der Waals surface area contributed by atoms with E-state index in [-0.39, 0.29) is 6.07 Å². The van der Waals surface area contributed by atoms with Gasteiger partial charge in [0.05, 0.1) is 5.56 Å². The summed E-state index contributed by atoms with van der Waals surface area (Å²) in [4.78, 5) is 0. The van der Waals surface area contributed by atoms with Crippen LogP contribution >= 0.6 is 0 Å². The molecule has 1 nitrogen and oxygen atoms in total. The molecule has 0 heterocycles. The average Bonchev–Trinajstić information content (AvgIpc) is 2.53. The Labute approximate surface area is 140 Å². The molecule has 26 heavy (non-hydrogen) atoms. The van der Waals surface area contributed by atoms with Crippen molar-refractivity contribution in [3.63, 3.8) is 0 Å². The number of aliphatic hydroxyl groups is 1. The summed E-state index contributed by atoms with van der Waals surface area (Å²) in [5, 5.41) is 10.3. The number of benzene rings is 2. The van der Waals surface area contributed by atoms with Crippen LogP contribution in [0, 0.1) is 5.82 Å². The molecule has 2 aromatic rings. The van der Waals surface area contributed by atoms with Gasteiger partial charge in [0.1, 0.15) is 5.82 Å². The fraction of sp³-hybridized carbons (Fsp3) is 0.250. The molecule has 0 amide bonds. The molecule has 0 saturated carbocycles. The van der Waals surface area contributed by atoms with Crippen LogP contribution in [0.1, 0.15) is 16.7 Å². The summed E-state index contributed by atoms with van der Waals surface area (Å²) < 4.78 is 118. The van der Waals surface area contributed by atoms with Gasteiger partial charge in [0, 0.05) is 0 Å². The van der Waals surface area contributed by atoms with Gasteiger partial charge >= 0.3 is 18.3 Å². The van der Waals surface area contributed by atoms with Gasteiger partial charge in [-0.15, -0.1) is 0 Å². The first-order chi connectivity index (χ1) is 11.7. The van der Waals surface area contributed by atoms with Crippen molar-refractivity contribution in [2.75, 3.05) is 0 Å². The van der Waals surface area contributed by atoms with Crippen LogP contribution in [0.15, 0.2) is 48.5 Å².